The molecular formula is C11H15N3O2S. The van der Waals surface area contributed by atoms with Crippen molar-refractivity contribution < 1.29 is 8.63 Å². The van der Waals surface area contributed by atoms with Crippen LogP contribution in [0.15, 0.2) is 22.6 Å². The summed E-state index contributed by atoms with van der Waals surface area (Å²) in [6.45, 7) is 0.696. The molecule has 0 radical (unpaired) electrons. The molecule has 2 aromatic rings. The molecule has 1 aromatic carbocycles. The lowest BCUT2D eigenvalue weighted by Gasteiger charge is -1.99. The second-order valence-electron chi connectivity index (χ2n) is 3.80. The molecule has 0 aliphatic heterocycles. The largest absolute Gasteiger partial charge is 0.424 e. The first kappa shape index (κ1) is 11.9. The zero-order valence-corrected chi connectivity index (χ0v) is 10.4. The van der Waals surface area contributed by atoms with Crippen molar-refractivity contribution in [2.75, 3.05) is 29.6 Å². The molecule has 1 atom stereocenters. The second-order valence-corrected chi connectivity index (χ2v) is 5.36. The molecule has 0 aliphatic carbocycles. The van der Waals surface area contributed by atoms with Gasteiger partial charge in [-0.15, -0.1) is 0 Å². The monoisotopic (exact) mass is 253 g/mol. The minimum Gasteiger partial charge on any atom is -0.424 e. The summed E-state index contributed by atoms with van der Waals surface area (Å²) in [5, 5.41) is 3.06. The quantitative estimate of drug-likeness (QED) is 0.624. The fourth-order valence-corrected chi connectivity index (χ4v) is 2.04. The molecule has 3 N–H and O–H groups in total. The maximum Gasteiger partial charge on any atom is 0.295 e. The molecule has 0 saturated heterocycles. The van der Waals surface area contributed by atoms with E-state index in [0.717, 1.165) is 11.9 Å². The third-order valence-electron chi connectivity index (χ3n) is 2.30. The van der Waals surface area contributed by atoms with Gasteiger partial charge in [0.2, 0.25) is 0 Å². The summed E-state index contributed by atoms with van der Waals surface area (Å²) in [5.41, 5.74) is 7.77. The average Bonchev–Trinajstić information content (AvgIpc) is 2.66. The molecule has 1 aromatic heterocycles. The lowest BCUT2D eigenvalue weighted by Crippen LogP contribution is -2.06. The van der Waals surface area contributed by atoms with Crippen LogP contribution in [-0.4, -0.2) is 27.7 Å². The molecule has 1 unspecified atom stereocenters. The van der Waals surface area contributed by atoms with Crippen LogP contribution in [0.2, 0.25) is 0 Å². The highest BCUT2D eigenvalue weighted by atomic mass is 32.2. The fourth-order valence-electron chi connectivity index (χ4n) is 1.49. The number of oxazole rings is 1. The van der Waals surface area contributed by atoms with Crippen LogP contribution in [0.25, 0.3) is 11.1 Å². The highest BCUT2D eigenvalue weighted by Crippen LogP contribution is 2.20. The SMILES string of the molecule is CS(=O)CCCNc1nc2cc(N)ccc2o1. The van der Waals surface area contributed by atoms with E-state index in [1.807, 2.05) is 0 Å². The number of anilines is 2. The molecule has 2 rings (SSSR count). The minimum absolute atomic E-state index is 0.479. The number of fused-ring (bicyclic) bond motifs is 1. The Hall–Kier alpha value is -1.56. The van der Waals surface area contributed by atoms with E-state index in [9.17, 15) is 4.21 Å². The number of nitrogens with two attached hydrogens (primary N) is 1. The van der Waals surface area contributed by atoms with Crippen LogP contribution in [0.1, 0.15) is 6.42 Å². The Kier molecular flexibility index (Phi) is 3.63. The van der Waals surface area contributed by atoms with Crippen molar-refractivity contribution in [3.05, 3.63) is 18.2 Å². The normalized spacial score (nSPS) is 12.8. The van der Waals surface area contributed by atoms with Gasteiger partial charge in [-0.05, 0) is 24.6 Å². The van der Waals surface area contributed by atoms with Gasteiger partial charge in [0.15, 0.2) is 5.58 Å². The smallest absolute Gasteiger partial charge is 0.295 e. The molecule has 0 saturated carbocycles. The molecule has 5 nitrogen and oxygen atoms in total. The Bertz CT molecular complexity index is 538. The van der Waals surface area contributed by atoms with Gasteiger partial charge in [0.25, 0.3) is 6.01 Å². The molecule has 0 fully saturated rings. The standard InChI is InChI=1S/C11H15N3O2S/c1-17(15)6-2-5-13-11-14-9-7-8(12)3-4-10(9)16-11/h3-4,7H,2,5-6,12H2,1H3,(H,13,14). The van der Waals surface area contributed by atoms with Crippen LogP contribution >= 0.6 is 0 Å². The van der Waals surface area contributed by atoms with Gasteiger partial charge in [0.05, 0.1) is 0 Å². The third kappa shape index (κ3) is 3.20. The van der Waals surface area contributed by atoms with Crippen molar-refractivity contribution in [3.63, 3.8) is 0 Å². The molecule has 1 heterocycles. The van der Waals surface area contributed by atoms with Crippen molar-refractivity contribution in [1.82, 2.24) is 4.98 Å². The van der Waals surface area contributed by atoms with E-state index in [1.165, 1.54) is 0 Å². The summed E-state index contributed by atoms with van der Waals surface area (Å²) in [4.78, 5) is 4.26. The highest BCUT2D eigenvalue weighted by Gasteiger charge is 2.04. The van der Waals surface area contributed by atoms with E-state index < -0.39 is 10.8 Å². The molecule has 0 bridgehead atoms. The summed E-state index contributed by atoms with van der Waals surface area (Å²) in [6, 6.07) is 5.82. The Morgan fingerprint density at radius 3 is 3.12 bits per heavy atom. The van der Waals surface area contributed by atoms with Gasteiger partial charge >= 0.3 is 0 Å². The number of benzene rings is 1. The van der Waals surface area contributed by atoms with E-state index in [-0.39, 0.29) is 0 Å². The van der Waals surface area contributed by atoms with Crippen LogP contribution in [0.4, 0.5) is 11.7 Å². The predicted octanol–water partition coefficient (Wildman–Crippen LogP) is 1.59. The Morgan fingerprint density at radius 1 is 1.53 bits per heavy atom. The van der Waals surface area contributed by atoms with Crippen molar-refractivity contribution in [2.45, 2.75) is 6.42 Å². The average molecular weight is 253 g/mol. The summed E-state index contributed by atoms with van der Waals surface area (Å²) >= 11 is 0. The zero-order chi connectivity index (χ0) is 12.3. The topological polar surface area (TPSA) is 81.2 Å². The van der Waals surface area contributed by atoms with Crippen LogP contribution in [0.5, 0.6) is 0 Å². The number of rotatable bonds is 5. The third-order valence-corrected chi connectivity index (χ3v) is 3.16. The van der Waals surface area contributed by atoms with Crippen molar-refractivity contribution in [3.8, 4) is 0 Å². The van der Waals surface area contributed by atoms with E-state index in [2.05, 4.69) is 10.3 Å². The molecule has 0 aliphatic rings. The number of hydrogen-bond donors (Lipinski definition) is 2. The number of nitrogens with zero attached hydrogens (tertiary/aromatic N) is 1. The van der Waals surface area contributed by atoms with E-state index in [0.29, 0.717) is 29.6 Å². The minimum atomic E-state index is -0.749. The number of nitrogens with one attached hydrogen (secondary N) is 1. The molecule has 0 amide bonds. The van der Waals surface area contributed by atoms with Crippen molar-refractivity contribution in [2.24, 2.45) is 0 Å². The summed E-state index contributed by atoms with van der Waals surface area (Å²) in [6.07, 6.45) is 2.52. The van der Waals surface area contributed by atoms with E-state index >= 15 is 0 Å². The van der Waals surface area contributed by atoms with Crippen LogP contribution in [-0.2, 0) is 10.8 Å². The van der Waals surface area contributed by atoms with Crippen molar-refractivity contribution in [1.29, 1.82) is 0 Å². The first-order valence-electron chi connectivity index (χ1n) is 5.35. The molecule has 17 heavy (non-hydrogen) atoms. The number of nitrogen functional groups attached to an aromatic ring is 1. The fraction of sp³-hybridized carbons (Fsp3) is 0.364. The van der Waals surface area contributed by atoms with Gasteiger partial charge in [0, 0.05) is 35.0 Å². The van der Waals surface area contributed by atoms with Gasteiger partial charge < -0.3 is 15.5 Å². The summed E-state index contributed by atoms with van der Waals surface area (Å²) < 4.78 is 16.3. The molecular weight excluding hydrogens is 238 g/mol. The van der Waals surface area contributed by atoms with Gasteiger partial charge in [-0.1, -0.05) is 0 Å². The molecule has 0 spiro atoms. The Morgan fingerprint density at radius 2 is 2.35 bits per heavy atom. The predicted molar refractivity (Wildman–Crippen MR) is 70.5 cm³/mol. The maximum atomic E-state index is 10.9. The Labute approximate surface area is 102 Å². The van der Waals surface area contributed by atoms with Crippen LogP contribution in [0.3, 0.4) is 0 Å². The lowest BCUT2D eigenvalue weighted by molar-refractivity contribution is 0.613. The summed E-state index contributed by atoms with van der Waals surface area (Å²) in [5.74, 6) is 0.681. The molecule has 92 valence electrons. The highest BCUT2D eigenvalue weighted by molar-refractivity contribution is 7.84. The Balaban J connectivity index is 1.97. The first-order valence-corrected chi connectivity index (χ1v) is 7.08. The van der Waals surface area contributed by atoms with E-state index in [4.69, 9.17) is 10.2 Å². The lowest BCUT2D eigenvalue weighted by atomic mass is 10.3. The van der Waals surface area contributed by atoms with Gasteiger partial charge in [0.1, 0.15) is 5.52 Å². The summed E-state index contributed by atoms with van der Waals surface area (Å²) in [7, 11) is -0.749. The number of aromatic nitrogens is 1. The second kappa shape index (κ2) is 5.18. The van der Waals surface area contributed by atoms with Gasteiger partial charge in [-0.2, -0.15) is 4.98 Å². The van der Waals surface area contributed by atoms with Crippen molar-refractivity contribution >= 4 is 33.6 Å². The van der Waals surface area contributed by atoms with Gasteiger partial charge in [-0.25, -0.2) is 0 Å². The first-order chi connectivity index (χ1) is 8.15. The zero-order valence-electron chi connectivity index (χ0n) is 9.60. The van der Waals surface area contributed by atoms with Gasteiger partial charge in [-0.3, -0.25) is 4.21 Å². The van der Waals surface area contributed by atoms with E-state index in [1.54, 1.807) is 24.5 Å². The van der Waals surface area contributed by atoms with Crippen LogP contribution < -0.4 is 11.1 Å². The maximum absolute atomic E-state index is 10.9. The molecule has 6 heteroatoms. The van der Waals surface area contributed by atoms with Crippen LogP contribution in [0, 0.1) is 0 Å². The number of hydrogen-bond acceptors (Lipinski definition) is 5.